The highest BCUT2D eigenvalue weighted by Gasteiger charge is 2.71. The number of urea groups is 1. The van der Waals surface area contributed by atoms with Crippen molar-refractivity contribution >= 4 is 49.0 Å². The first kappa shape index (κ1) is 25.8. The molecule has 1 N–H and O–H groups in total. The van der Waals surface area contributed by atoms with Crippen molar-refractivity contribution in [2.24, 2.45) is 5.92 Å². The Bertz CT molecular complexity index is 1460. The highest BCUT2D eigenvalue weighted by atomic mass is 32.2. The number of imide groups is 1. The van der Waals surface area contributed by atoms with Gasteiger partial charge in [-0.3, -0.25) is 19.4 Å². The van der Waals surface area contributed by atoms with E-state index in [2.05, 4.69) is 9.71 Å². The molecule has 1 saturated carbocycles. The topological polar surface area (TPSA) is 137 Å². The second-order valence-electron chi connectivity index (χ2n) is 8.51. The van der Waals surface area contributed by atoms with Crippen molar-refractivity contribution in [1.82, 2.24) is 9.29 Å². The van der Waals surface area contributed by atoms with Gasteiger partial charge in [0.25, 0.3) is 15.7 Å². The number of rotatable bonds is 6. The number of nitrogens with zero attached hydrogens (tertiary/aromatic N) is 4. The van der Waals surface area contributed by atoms with Gasteiger partial charge in [0.05, 0.1) is 28.2 Å². The number of pyridine rings is 1. The van der Waals surface area contributed by atoms with Gasteiger partial charge in [-0.05, 0) is 42.7 Å². The fourth-order valence-corrected chi connectivity index (χ4v) is 5.39. The van der Waals surface area contributed by atoms with Crippen LogP contribution in [0.15, 0.2) is 47.6 Å². The van der Waals surface area contributed by atoms with Crippen LogP contribution in [-0.4, -0.2) is 63.2 Å². The second kappa shape index (κ2) is 8.14. The van der Waals surface area contributed by atoms with E-state index < -0.39 is 47.9 Å². The molecule has 2 unspecified atom stereocenters. The smallest absolute Gasteiger partial charge is 0.276 e. The van der Waals surface area contributed by atoms with Gasteiger partial charge in [-0.15, -0.1) is 0 Å². The molecule has 2 heterocycles. The number of hydrogen-bond donors (Lipinski definition) is 1. The maximum absolute atomic E-state index is 13.5. The molecule has 1 aliphatic heterocycles. The zero-order valence-electron chi connectivity index (χ0n) is 19.0. The zero-order valence-corrected chi connectivity index (χ0v) is 20.6. The minimum atomic E-state index is -5.62. The Labute approximate surface area is 204 Å². The minimum absolute atomic E-state index is 0.0527. The van der Waals surface area contributed by atoms with Gasteiger partial charge >= 0.3 is 21.7 Å². The first-order chi connectivity index (χ1) is 16.6. The Hall–Kier alpha value is -3.24. The lowest BCUT2D eigenvalue weighted by molar-refractivity contribution is -0.119. The minimum Gasteiger partial charge on any atom is -0.276 e. The van der Waals surface area contributed by atoms with Crippen LogP contribution in [0.2, 0.25) is 0 Å². The summed E-state index contributed by atoms with van der Waals surface area (Å²) in [6.07, 6.45) is 2.73. The summed E-state index contributed by atoms with van der Waals surface area (Å²) < 4.78 is 90.0. The van der Waals surface area contributed by atoms with Crippen molar-refractivity contribution in [3.63, 3.8) is 0 Å². The van der Waals surface area contributed by atoms with Crippen molar-refractivity contribution in [3.05, 3.63) is 42.7 Å². The molecule has 11 nitrogen and oxygen atoms in total. The molecule has 4 rings (SSSR count). The van der Waals surface area contributed by atoms with Crippen molar-refractivity contribution in [3.8, 4) is 0 Å². The van der Waals surface area contributed by atoms with E-state index in [1.807, 2.05) is 0 Å². The lowest BCUT2D eigenvalue weighted by atomic mass is 10.1. The van der Waals surface area contributed by atoms with Crippen LogP contribution in [0.3, 0.4) is 0 Å². The van der Waals surface area contributed by atoms with Gasteiger partial charge in [-0.2, -0.15) is 25.9 Å². The molecule has 0 bridgehead atoms. The molecular formula is C20H20F3N5O6S2. The Kier molecular flexibility index (Phi) is 5.84. The summed E-state index contributed by atoms with van der Waals surface area (Å²) >= 11 is 0. The molecular weight excluding hydrogens is 527 g/mol. The van der Waals surface area contributed by atoms with Gasteiger partial charge in [0.2, 0.25) is 0 Å². The van der Waals surface area contributed by atoms with Crippen LogP contribution in [0.25, 0.3) is 0 Å². The van der Waals surface area contributed by atoms with E-state index in [1.54, 1.807) is 6.92 Å². The molecule has 1 aromatic carbocycles. The lowest BCUT2D eigenvalue weighted by Crippen LogP contribution is -2.40. The van der Waals surface area contributed by atoms with Crippen molar-refractivity contribution in [2.45, 2.75) is 29.3 Å². The number of benzene rings is 1. The summed E-state index contributed by atoms with van der Waals surface area (Å²) in [7, 11) is -7.05. The molecule has 1 aliphatic carbocycles. The molecule has 16 heteroatoms. The number of nitrogens with one attached hydrogen (secondary N) is 1. The Morgan fingerprint density at radius 1 is 1.08 bits per heavy atom. The van der Waals surface area contributed by atoms with Crippen molar-refractivity contribution in [1.29, 1.82) is 0 Å². The summed E-state index contributed by atoms with van der Waals surface area (Å²) in [6, 6.07) is 3.66. The van der Waals surface area contributed by atoms with E-state index in [0.29, 0.717) is 12.1 Å². The van der Waals surface area contributed by atoms with Gasteiger partial charge in [0.1, 0.15) is 5.54 Å². The van der Waals surface area contributed by atoms with Gasteiger partial charge in [0.15, 0.2) is 0 Å². The normalized spacial score (nSPS) is 22.6. The largest absolute Gasteiger partial charge is 0.501 e. The van der Waals surface area contributed by atoms with E-state index in [4.69, 9.17) is 0 Å². The van der Waals surface area contributed by atoms with Crippen molar-refractivity contribution in [2.75, 3.05) is 28.6 Å². The number of carbonyl (C=O) groups is 2. The van der Waals surface area contributed by atoms with Crippen molar-refractivity contribution < 1.29 is 39.6 Å². The average molecular weight is 548 g/mol. The molecule has 1 aromatic heterocycles. The van der Waals surface area contributed by atoms with Crippen LogP contribution >= 0.6 is 0 Å². The highest BCUT2D eigenvalue weighted by Crippen LogP contribution is 2.56. The Morgan fingerprint density at radius 3 is 2.17 bits per heavy atom. The SMILES string of the molecule is CC1CC12C(=O)N(c1ccc(S(=O)(=O)C(F)(F)F)cc1)C(=O)N2c1ccncc1NS(=O)(=O)N(C)C. The van der Waals surface area contributed by atoms with E-state index in [-0.39, 0.29) is 29.4 Å². The number of halogens is 3. The molecule has 1 saturated heterocycles. The molecule has 1 spiro atoms. The number of hydrogen-bond acceptors (Lipinski definition) is 7. The fourth-order valence-electron chi connectivity index (χ4n) is 4.01. The third-order valence-corrected chi connectivity index (χ3v) is 9.04. The van der Waals surface area contributed by atoms with E-state index >= 15 is 0 Å². The third kappa shape index (κ3) is 3.79. The number of sulfone groups is 1. The predicted octanol–water partition coefficient (Wildman–Crippen LogP) is 2.35. The molecule has 2 fully saturated rings. The summed E-state index contributed by atoms with van der Waals surface area (Å²) in [5.74, 6) is -1.00. The molecule has 36 heavy (non-hydrogen) atoms. The summed E-state index contributed by atoms with van der Waals surface area (Å²) in [5.41, 5.74) is -7.03. The standard InChI is InChI=1S/C20H20F3N5O6S2/c1-12-10-19(12)17(29)27(13-4-6-14(7-5-13)35(31,32)20(21,22)23)18(30)28(19)16-8-9-24-11-15(16)25-36(33,34)26(2)3/h4-9,11-12,25H,10H2,1-3H3. The lowest BCUT2D eigenvalue weighted by Gasteiger charge is -2.25. The van der Waals surface area contributed by atoms with E-state index in [0.717, 1.165) is 26.2 Å². The van der Waals surface area contributed by atoms with Gasteiger partial charge in [-0.25, -0.2) is 18.1 Å². The summed E-state index contributed by atoms with van der Waals surface area (Å²) in [6.45, 7) is 1.71. The molecule has 0 radical (unpaired) electrons. The number of aromatic nitrogens is 1. The van der Waals surface area contributed by atoms with E-state index in [9.17, 15) is 39.6 Å². The average Bonchev–Trinajstić information content (AvgIpc) is 3.39. The van der Waals surface area contributed by atoms with Crippen LogP contribution in [0.4, 0.5) is 35.0 Å². The van der Waals surface area contributed by atoms with Crippen LogP contribution in [0.1, 0.15) is 13.3 Å². The summed E-state index contributed by atoms with van der Waals surface area (Å²) in [5, 5.41) is 0. The van der Waals surface area contributed by atoms with E-state index in [1.165, 1.54) is 32.6 Å². The zero-order chi connectivity index (χ0) is 26.8. The van der Waals surface area contributed by atoms with Crippen LogP contribution in [0, 0.1) is 5.92 Å². The monoisotopic (exact) mass is 547 g/mol. The first-order valence-corrected chi connectivity index (χ1v) is 13.2. The second-order valence-corrected chi connectivity index (χ2v) is 12.3. The predicted molar refractivity (Wildman–Crippen MR) is 122 cm³/mol. The fraction of sp³-hybridized carbons (Fsp3) is 0.350. The van der Waals surface area contributed by atoms with Gasteiger partial charge < -0.3 is 0 Å². The van der Waals surface area contributed by atoms with Crippen LogP contribution < -0.4 is 14.5 Å². The van der Waals surface area contributed by atoms with Crippen LogP contribution in [0.5, 0.6) is 0 Å². The number of alkyl halides is 3. The molecule has 2 atom stereocenters. The number of amides is 3. The molecule has 2 aromatic rings. The Morgan fingerprint density at radius 2 is 1.67 bits per heavy atom. The Balaban J connectivity index is 1.76. The van der Waals surface area contributed by atoms with Gasteiger partial charge in [-0.1, -0.05) is 6.92 Å². The highest BCUT2D eigenvalue weighted by molar-refractivity contribution is 7.92. The van der Waals surface area contributed by atoms with Crippen LogP contribution in [-0.2, 0) is 24.8 Å². The van der Waals surface area contributed by atoms with Gasteiger partial charge in [0, 0.05) is 20.3 Å². The first-order valence-electron chi connectivity index (χ1n) is 10.3. The molecule has 194 valence electrons. The number of carbonyl (C=O) groups excluding carboxylic acids is 2. The number of anilines is 3. The quantitative estimate of drug-likeness (QED) is 0.548. The molecule has 2 aliphatic rings. The molecule has 3 amide bonds. The third-order valence-electron chi connectivity index (χ3n) is 6.10. The maximum atomic E-state index is 13.5. The maximum Gasteiger partial charge on any atom is 0.501 e. The summed E-state index contributed by atoms with van der Waals surface area (Å²) in [4.78, 5) is 31.7.